The number of guanidine groups is 1. The quantitative estimate of drug-likeness (QED) is 0.299. The molecule has 0 radical (unpaired) electrons. The molecular weight excluding hydrogens is 481 g/mol. The van der Waals surface area contributed by atoms with Gasteiger partial charge in [-0.25, -0.2) is 0 Å². The molecular formula is C19H29F2IN4O2. The largest absolute Gasteiger partial charge is 0.434 e. The van der Waals surface area contributed by atoms with Crippen LogP contribution in [-0.2, 0) is 11.3 Å². The van der Waals surface area contributed by atoms with Gasteiger partial charge in [0.25, 0.3) is 0 Å². The maximum atomic E-state index is 12.5. The van der Waals surface area contributed by atoms with Crippen LogP contribution in [0.1, 0.15) is 43.2 Å². The van der Waals surface area contributed by atoms with E-state index in [1.807, 2.05) is 6.92 Å². The molecule has 1 aromatic rings. The standard InChI is InChI=1S/C19H28F2N4O2.HI/c1-13-8-9-16(27-18(20)21)14(10-13)11-23-19(22-2)24-12-17(26)25-15-6-4-3-5-7-15;/h8-10,15,18H,3-7,11-12H2,1-2H3,(H,25,26)(H2,22,23,24);1H. The number of hydrogen-bond acceptors (Lipinski definition) is 3. The molecule has 1 amide bonds. The lowest BCUT2D eigenvalue weighted by Gasteiger charge is -2.23. The smallest absolute Gasteiger partial charge is 0.387 e. The number of nitrogens with one attached hydrogen (secondary N) is 3. The summed E-state index contributed by atoms with van der Waals surface area (Å²) in [6, 6.07) is 5.26. The van der Waals surface area contributed by atoms with E-state index in [2.05, 4.69) is 25.7 Å². The van der Waals surface area contributed by atoms with Crippen molar-refractivity contribution in [2.75, 3.05) is 13.6 Å². The molecule has 0 heterocycles. The average molecular weight is 510 g/mol. The van der Waals surface area contributed by atoms with Crippen molar-refractivity contribution in [2.24, 2.45) is 4.99 Å². The molecule has 9 heteroatoms. The lowest BCUT2D eigenvalue weighted by atomic mass is 9.95. The van der Waals surface area contributed by atoms with E-state index in [-0.39, 0.29) is 54.8 Å². The zero-order valence-corrected chi connectivity index (χ0v) is 18.6. The normalized spacial score (nSPS) is 15.0. The van der Waals surface area contributed by atoms with Crippen LogP contribution in [0.5, 0.6) is 5.75 Å². The van der Waals surface area contributed by atoms with Crippen LogP contribution in [-0.4, -0.2) is 38.1 Å². The zero-order valence-electron chi connectivity index (χ0n) is 16.3. The first-order valence-corrected chi connectivity index (χ1v) is 9.26. The van der Waals surface area contributed by atoms with E-state index in [0.29, 0.717) is 11.5 Å². The highest BCUT2D eigenvalue weighted by Crippen LogP contribution is 2.22. The van der Waals surface area contributed by atoms with Gasteiger partial charge in [-0.2, -0.15) is 8.78 Å². The predicted octanol–water partition coefficient (Wildman–Crippen LogP) is 3.33. The Morgan fingerprint density at radius 1 is 1.25 bits per heavy atom. The van der Waals surface area contributed by atoms with E-state index < -0.39 is 6.61 Å². The van der Waals surface area contributed by atoms with Gasteiger partial charge in [0, 0.05) is 25.2 Å². The minimum absolute atomic E-state index is 0. The van der Waals surface area contributed by atoms with Gasteiger partial charge in [0.15, 0.2) is 5.96 Å². The van der Waals surface area contributed by atoms with E-state index in [1.54, 1.807) is 19.2 Å². The summed E-state index contributed by atoms with van der Waals surface area (Å²) in [5, 5.41) is 8.98. The number of amides is 1. The molecule has 3 N–H and O–H groups in total. The third-order valence-electron chi connectivity index (χ3n) is 4.49. The van der Waals surface area contributed by atoms with Gasteiger partial charge in [0.05, 0.1) is 6.54 Å². The molecule has 0 atom stereocenters. The first kappa shape index (κ1) is 24.4. The number of nitrogens with zero attached hydrogens (tertiary/aromatic N) is 1. The Labute approximate surface area is 181 Å². The number of aliphatic imine (C=N–C) groups is 1. The fourth-order valence-electron chi connectivity index (χ4n) is 3.15. The number of alkyl halides is 2. The molecule has 6 nitrogen and oxygen atoms in total. The maximum absolute atomic E-state index is 12.5. The molecule has 1 fully saturated rings. The van der Waals surface area contributed by atoms with E-state index in [4.69, 9.17) is 0 Å². The molecule has 0 bridgehead atoms. The Morgan fingerprint density at radius 2 is 1.96 bits per heavy atom. The van der Waals surface area contributed by atoms with Gasteiger partial charge in [-0.3, -0.25) is 9.79 Å². The van der Waals surface area contributed by atoms with Gasteiger partial charge in [-0.05, 0) is 25.8 Å². The fourth-order valence-corrected chi connectivity index (χ4v) is 3.15. The summed E-state index contributed by atoms with van der Waals surface area (Å²) in [6.45, 7) is -0.663. The molecule has 158 valence electrons. The molecule has 0 saturated heterocycles. The molecule has 0 aliphatic heterocycles. The number of hydrogen-bond donors (Lipinski definition) is 3. The number of rotatable bonds is 7. The molecule has 0 aromatic heterocycles. The number of aryl methyl sites for hydroxylation is 1. The summed E-state index contributed by atoms with van der Waals surface area (Å²) >= 11 is 0. The topological polar surface area (TPSA) is 74.8 Å². The van der Waals surface area contributed by atoms with Crippen molar-refractivity contribution in [3.63, 3.8) is 0 Å². The van der Waals surface area contributed by atoms with Crippen LogP contribution < -0.4 is 20.7 Å². The average Bonchev–Trinajstić information content (AvgIpc) is 2.64. The second-order valence-electron chi connectivity index (χ2n) is 6.67. The highest BCUT2D eigenvalue weighted by Gasteiger charge is 2.16. The molecule has 0 unspecified atom stereocenters. The van der Waals surface area contributed by atoms with Crippen molar-refractivity contribution in [3.8, 4) is 5.75 Å². The molecule has 1 aromatic carbocycles. The minimum atomic E-state index is -2.88. The van der Waals surface area contributed by atoms with Gasteiger partial charge in [-0.15, -0.1) is 24.0 Å². The van der Waals surface area contributed by atoms with Gasteiger partial charge < -0.3 is 20.7 Å². The van der Waals surface area contributed by atoms with Crippen LogP contribution in [0.2, 0.25) is 0 Å². The van der Waals surface area contributed by atoms with Gasteiger partial charge in [-0.1, -0.05) is 37.0 Å². The summed E-state index contributed by atoms with van der Waals surface area (Å²) in [6.07, 6.45) is 5.59. The Bertz CT molecular complexity index is 653. The Kier molecular flexibility index (Phi) is 11.1. The first-order valence-electron chi connectivity index (χ1n) is 9.26. The van der Waals surface area contributed by atoms with E-state index in [0.717, 1.165) is 31.2 Å². The van der Waals surface area contributed by atoms with Crippen LogP contribution in [0.4, 0.5) is 8.78 Å². The third kappa shape index (κ3) is 8.57. The van der Waals surface area contributed by atoms with Gasteiger partial charge >= 0.3 is 6.61 Å². The summed E-state index contributed by atoms with van der Waals surface area (Å²) in [4.78, 5) is 16.1. The summed E-state index contributed by atoms with van der Waals surface area (Å²) in [5.41, 5.74) is 1.52. The molecule has 2 rings (SSSR count). The van der Waals surface area contributed by atoms with Gasteiger partial charge in [0.1, 0.15) is 5.75 Å². The van der Waals surface area contributed by atoms with Crippen LogP contribution in [0.3, 0.4) is 0 Å². The van der Waals surface area contributed by atoms with E-state index in [9.17, 15) is 13.6 Å². The Hall–Kier alpha value is -1.65. The van der Waals surface area contributed by atoms with E-state index >= 15 is 0 Å². The van der Waals surface area contributed by atoms with Crippen molar-refractivity contribution >= 4 is 35.8 Å². The van der Waals surface area contributed by atoms with Crippen molar-refractivity contribution in [1.82, 2.24) is 16.0 Å². The van der Waals surface area contributed by atoms with Crippen LogP contribution in [0.25, 0.3) is 0 Å². The predicted molar refractivity (Wildman–Crippen MR) is 116 cm³/mol. The summed E-state index contributed by atoms with van der Waals surface area (Å²) in [5.74, 6) is 0.453. The summed E-state index contributed by atoms with van der Waals surface area (Å²) in [7, 11) is 1.58. The molecule has 28 heavy (non-hydrogen) atoms. The SMILES string of the molecule is CN=C(NCC(=O)NC1CCCCC1)NCc1cc(C)ccc1OC(F)F.I. The van der Waals surface area contributed by atoms with Crippen molar-refractivity contribution < 1.29 is 18.3 Å². The van der Waals surface area contributed by atoms with Crippen molar-refractivity contribution in [1.29, 1.82) is 0 Å². The molecule has 1 aliphatic carbocycles. The number of benzene rings is 1. The lowest BCUT2D eigenvalue weighted by Crippen LogP contribution is -2.45. The molecule has 1 aliphatic rings. The van der Waals surface area contributed by atoms with Crippen LogP contribution in [0, 0.1) is 6.92 Å². The highest BCUT2D eigenvalue weighted by atomic mass is 127. The maximum Gasteiger partial charge on any atom is 0.387 e. The zero-order chi connectivity index (χ0) is 19.6. The van der Waals surface area contributed by atoms with Crippen LogP contribution >= 0.6 is 24.0 Å². The number of carbonyl (C=O) groups is 1. The fraction of sp³-hybridized carbons (Fsp3) is 0.579. The third-order valence-corrected chi connectivity index (χ3v) is 4.49. The summed E-state index contributed by atoms with van der Waals surface area (Å²) < 4.78 is 29.6. The van der Waals surface area contributed by atoms with Crippen molar-refractivity contribution in [3.05, 3.63) is 29.3 Å². The van der Waals surface area contributed by atoms with E-state index in [1.165, 1.54) is 12.5 Å². The minimum Gasteiger partial charge on any atom is -0.434 e. The number of halogens is 3. The van der Waals surface area contributed by atoms with Crippen LogP contribution in [0.15, 0.2) is 23.2 Å². The second kappa shape index (κ2) is 12.7. The molecule has 1 saturated carbocycles. The number of ether oxygens (including phenoxy) is 1. The monoisotopic (exact) mass is 510 g/mol. The Balaban J connectivity index is 0.00000392. The second-order valence-corrected chi connectivity index (χ2v) is 6.67. The number of carbonyl (C=O) groups excluding carboxylic acids is 1. The Morgan fingerprint density at radius 3 is 2.61 bits per heavy atom. The highest BCUT2D eigenvalue weighted by molar-refractivity contribution is 14.0. The van der Waals surface area contributed by atoms with Crippen molar-refractivity contribution in [2.45, 2.75) is 58.2 Å². The first-order chi connectivity index (χ1) is 13.0. The van der Waals surface area contributed by atoms with Gasteiger partial charge in [0.2, 0.25) is 5.91 Å². The lowest BCUT2D eigenvalue weighted by molar-refractivity contribution is -0.120. The molecule has 0 spiro atoms.